The predicted octanol–water partition coefficient (Wildman–Crippen LogP) is 5.93. The summed E-state index contributed by atoms with van der Waals surface area (Å²) in [6, 6.07) is 15.2. The monoisotopic (exact) mass is 465 g/mol. The second-order valence-corrected chi connectivity index (χ2v) is 7.62. The third-order valence-corrected chi connectivity index (χ3v) is 5.41. The Bertz CT molecular complexity index is 1390. The SMILES string of the molecule is CCNc1nnc(-c2ccccc2-c2nc3ncccn3c2Nc2c(Cl)cccc2Cl)o1. The van der Waals surface area contributed by atoms with Crippen molar-refractivity contribution in [3.05, 3.63) is 71.0 Å². The summed E-state index contributed by atoms with van der Waals surface area (Å²) in [7, 11) is 0. The molecule has 5 aromatic rings. The van der Waals surface area contributed by atoms with Crippen LogP contribution in [0.4, 0.5) is 17.5 Å². The number of aromatic nitrogens is 5. The van der Waals surface area contributed by atoms with Crippen LogP contribution in [0.15, 0.2) is 65.3 Å². The minimum absolute atomic E-state index is 0.357. The van der Waals surface area contributed by atoms with E-state index in [9.17, 15) is 0 Å². The van der Waals surface area contributed by atoms with Crippen molar-refractivity contribution in [3.8, 4) is 22.7 Å². The molecule has 0 atom stereocenters. The fourth-order valence-electron chi connectivity index (χ4n) is 3.36. The number of nitrogens with zero attached hydrogens (tertiary/aromatic N) is 5. The van der Waals surface area contributed by atoms with E-state index in [1.54, 1.807) is 24.4 Å². The molecule has 160 valence electrons. The first-order chi connectivity index (χ1) is 15.7. The summed E-state index contributed by atoms with van der Waals surface area (Å²) in [6.07, 6.45) is 3.55. The third-order valence-electron chi connectivity index (χ3n) is 4.78. The van der Waals surface area contributed by atoms with Gasteiger partial charge in [-0.15, -0.1) is 5.10 Å². The zero-order chi connectivity index (χ0) is 22.1. The van der Waals surface area contributed by atoms with E-state index in [2.05, 4.69) is 25.8 Å². The van der Waals surface area contributed by atoms with Crippen molar-refractivity contribution < 1.29 is 4.42 Å². The molecular formula is C22H17Cl2N7O. The molecule has 0 spiro atoms. The highest BCUT2D eigenvalue weighted by Crippen LogP contribution is 2.39. The third kappa shape index (κ3) is 3.63. The van der Waals surface area contributed by atoms with Crippen molar-refractivity contribution in [1.82, 2.24) is 24.6 Å². The molecule has 0 bridgehead atoms. The van der Waals surface area contributed by atoms with Gasteiger partial charge in [-0.3, -0.25) is 4.40 Å². The zero-order valence-corrected chi connectivity index (χ0v) is 18.4. The summed E-state index contributed by atoms with van der Waals surface area (Å²) in [5.74, 6) is 1.55. The number of fused-ring (bicyclic) bond motifs is 1. The summed E-state index contributed by atoms with van der Waals surface area (Å²) in [4.78, 5) is 9.16. The Morgan fingerprint density at radius 1 is 0.969 bits per heavy atom. The average Bonchev–Trinajstić information content (AvgIpc) is 3.41. The van der Waals surface area contributed by atoms with Crippen molar-refractivity contribution in [2.75, 3.05) is 17.2 Å². The van der Waals surface area contributed by atoms with Crippen molar-refractivity contribution in [2.24, 2.45) is 0 Å². The Morgan fingerprint density at radius 3 is 2.53 bits per heavy atom. The molecule has 0 unspecified atom stereocenters. The van der Waals surface area contributed by atoms with Crippen LogP contribution in [0.2, 0.25) is 10.0 Å². The average molecular weight is 466 g/mol. The van der Waals surface area contributed by atoms with Crippen molar-refractivity contribution in [2.45, 2.75) is 6.92 Å². The molecule has 0 amide bonds. The summed E-state index contributed by atoms with van der Waals surface area (Å²) in [5.41, 5.74) is 2.74. The quantitative estimate of drug-likeness (QED) is 0.321. The molecule has 3 heterocycles. The van der Waals surface area contributed by atoms with Crippen LogP contribution >= 0.6 is 23.2 Å². The topological polar surface area (TPSA) is 93.2 Å². The predicted molar refractivity (Wildman–Crippen MR) is 126 cm³/mol. The standard InChI is InChI=1S/C22H17Cl2N7O/c1-2-25-22-30-29-20(32-22)14-8-4-3-7-13(14)17-19(31-12-6-11-26-21(31)28-17)27-18-15(23)9-5-10-16(18)24/h3-12,27H,2H2,1H3,(H,25,30). The fourth-order valence-corrected chi connectivity index (χ4v) is 3.85. The Kier molecular flexibility index (Phi) is 5.38. The molecule has 0 aliphatic heterocycles. The number of para-hydroxylation sites is 1. The highest BCUT2D eigenvalue weighted by atomic mass is 35.5. The summed E-state index contributed by atoms with van der Waals surface area (Å²) < 4.78 is 7.63. The van der Waals surface area contributed by atoms with E-state index in [-0.39, 0.29) is 0 Å². The second kappa shape index (κ2) is 8.49. The summed E-state index contributed by atoms with van der Waals surface area (Å²) in [6.45, 7) is 2.63. The van der Waals surface area contributed by atoms with Gasteiger partial charge in [-0.1, -0.05) is 52.6 Å². The van der Waals surface area contributed by atoms with Crippen LogP contribution in [0.5, 0.6) is 0 Å². The molecule has 10 heteroatoms. The highest BCUT2D eigenvalue weighted by molar-refractivity contribution is 6.39. The summed E-state index contributed by atoms with van der Waals surface area (Å²) >= 11 is 12.8. The van der Waals surface area contributed by atoms with E-state index >= 15 is 0 Å². The molecule has 0 saturated carbocycles. The van der Waals surface area contributed by atoms with Gasteiger partial charge in [0.15, 0.2) is 0 Å². The molecule has 5 rings (SSSR count). The molecule has 32 heavy (non-hydrogen) atoms. The van der Waals surface area contributed by atoms with E-state index in [0.717, 1.165) is 11.1 Å². The largest absolute Gasteiger partial charge is 0.403 e. The maximum absolute atomic E-state index is 6.42. The lowest BCUT2D eigenvalue weighted by Gasteiger charge is -2.12. The minimum Gasteiger partial charge on any atom is -0.403 e. The van der Waals surface area contributed by atoms with Gasteiger partial charge in [-0.2, -0.15) is 0 Å². The smallest absolute Gasteiger partial charge is 0.315 e. The lowest BCUT2D eigenvalue weighted by Crippen LogP contribution is -1.99. The van der Waals surface area contributed by atoms with Crippen LogP contribution in [0.3, 0.4) is 0 Å². The zero-order valence-electron chi connectivity index (χ0n) is 16.9. The molecule has 8 nitrogen and oxygen atoms in total. The molecule has 0 radical (unpaired) electrons. The van der Waals surface area contributed by atoms with E-state index in [4.69, 9.17) is 32.6 Å². The first-order valence-corrected chi connectivity index (χ1v) is 10.6. The molecule has 3 aromatic heterocycles. The molecular weight excluding hydrogens is 449 g/mol. The van der Waals surface area contributed by atoms with Gasteiger partial charge in [0.05, 0.1) is 15.7 Å². The van der Waals surface area contributed by atoms with Crippen LogP contribution in [0.1, 0.15) is 6.92 Å². The number of anilines is 3. The van der Waals surface area contributed by atoms with Gasteiger partial charge in [-0.05, 0) is 31.2 Å². The van der Waals surface area contributed by atoms with Crippen LogP contribution in [0.25, 0.3) is 28.5 Å². The number of hydrogen-bond donors (Lipinski definition) is 2. The van der Waals surface area contributed by atoms with Crippen molar-refractivity contribution in [1.29, 1.82) is 0 Å². The second-order valence-electron chi connectivity index (χ2n) is 6.81. The van der Waals surface area contributed by atoms with Gasteiger partial charge in [0, 0.05) is 30.1 Å². The first kappa shape index (κ1) is 20.3. The molecule has 0 saturated heterocycles. The molecule has 2 N–H and O–H groups in total. The summed E-state index contributed by atoms with van der Waals surface area (Å²) in [5, 5.41) is 15.6. The van der Waals surface area contributed by atoms with Crippen molar-refractivity contribution >= 4 is 46.5 Å². The number of nitrogens with one attached hydrogen (secondary N) is 2. The minimum atomic E-state index is 0.357. The Hall–Kier alpha value is -3.62. The molecule has 0 fully saturated rings. The Morgan fingerprint density at radius 2 is 1.75 bits per heavy atom. The van der Waals surface area contributed by atoms with Gasteiger partial charge in [0.2, 0.25) is 11.7 Å². The number of hydrogen-bond acceptors (Lipinski definition) is 7. The van der Waals surface area contributed by atoms with E-state index in [0.29, 0.717) is 51.5 Å². The normalized spacial score (nSPS) is 11.1. The van der Waals surface area contributed by atoms with E-state index < -0.39 is 0 Å². The van der Waals surface area contributed by atoms with Gasteiger partial charge in [0.25, 0.3) is 0 Å². The van der Waals surface area contributed by atoms with Crippen LogP contribution in [0, 0.1) is 0 Å². The van der Waals surface area contributed by atoms with Gasteiger partial charge < -0.3 is 15.1 Å². The number of benzene rings is 2. The number of imidazole rings is 1. The van der Waals surface area contributed by atoms with Gasteiger partial charge in [0.1, 0.15) is 11.5 Å². The fraction of sp³-hybridized carbons (Fsp3) is 0.0909. The number of rotatable bonds is 6. The molecule has 2 aromatic carbocycles. The van der Waals surface area contributed by atoms with Crippen LogP contribution in [-0.2, 0) is 0 Å². The Labute approximate surface area is 193 Å². The van der Waals surface area contributed by atoms with E-state index in [1.165, 1.54) is 0 Å². The lowest BCUT2D eigenvalue weighted by molar-refractivity contribution is 0.582. The molecule has 0 aliphatic rings. The highest BCUT2D eigenvalue weighted by Gasteiger charge is 2.22. The Balaban J connectivity index is 1.70. The lowest BCUT2D eigenvalue weighted by atomic mass is 10.0. The van der Waals surface area contributed by atoms with Crippen LogP contribution < -0.4 is 10.6 Å². The van der Waals surface area contributed by atoms with Crippen molar-refractivity contribution in [3.63, 3.8) is 0 Å². The maximum Gasteiger partial charge on any atom is 0.315 e. The molecule has 0 aliphatic carbocycles. The van der Waals surface area contributed by atoms with Gasteiger partial charge in [-0.25, -0.2) is 9.97 Å². The van der Waals surface area contributed by atoms with Gasteiger partial charge >= 0.3 is 6.01 Å². The maximum atomic E-state index is 6.42. The first-order valence-electron chi connectivity index (χ1n) is 9.87. The number of halogens is 2. The van der Waals surface area contributed by atoms with E-state index in [1.807, 2.05) is 47.9 Å². The van der Waals surface area contributed by atoms with Crippen LogP contribution in [-0.4, -0.2) is 31.1 Å².